The molecule has 0 saturated carbocycles. The van der Waals surface area contributed by atoms with Crippen LogP contribution >= 0.6 is 34.7 Å². The van der Waals surface area contributed by atoms with Gasteiger partial charge in [0.25, 0.3) is 0 Å². The summed E-state index contributed by atoms with van der Waals surface area (Å²) in [6.45, 7) is 0. The molecule has 2 aromatic carbocycles. The van der Waals surface area contributed by atoms with E-state index in [1.54, 1.807) is 35.2 Å². The van der Waals surface area contributed by atoms with Crippen LogP contribution in [0.15, 0.2) is 46.8 Å². The first-order valence-electron chi connectivity index (χ1n) is 5.93. The SMILES string of the molecule is N#Cc1ccc(CSc2nc3ccccc3s2)c(Cl)c1. The fourth-order valence-corrected chi connectivity index (χ4v) is 4.19. The van der Waals surface area contributed by atoms with Crippen molar-refractivity contribution in [2.75, 3.05) is 0 Å². The maximum absolute atomic E-state index is 8.82. The minimum atomic E-state index is 0.587. The van der Waals surface area contributed by atoms with Crippen LogP contribution in [0.2, 0.25) is 5.02 Å². The Morgan fingerprint density at radius 1 is 1.25 bits per heavy atom. The number of benzene rings is 2. The second kappa shape index (κ2) is 5.84. The molecule has 0 saturated heterocycles. The van der Waals surface area contributed by atoms with Crippen LogP contribution in [-0.2, 0) is 5.75 Å². The largest absolute Gasteiger partial charge is 0.230 e. The normalized spacial score (nSPS) is 10.6. The number of para-hydroxylation sites is 1. The molecule has 0 unspecified atom stereocenters. The van der Waals surface area contributed by atoms with Gasteiger partial charge in [-0.25, -0.2) is 4.98 Å². The summed E-state index contributed by atoms with van der Waals surface area (Å²) in [6.07, 6.45) is 0. The van der Waals surface area contributed by atoms with Crippen LogP contribution in [-0.4, -0.2) is 4.98 Å². The molecule has 1 aromatic heterocycles. The number of hydrogen-bond donors (Lipinski definition) is 0. The highest BCUT2D eigenvalue weighted by Gasteiger charge is 2.07. The van der Waals surface area contributed by atoms with E-state index in [2.05, 4.69) is 17.1 Å². The second-order valence-corrected chi connectivity index (χ2v) is 6.81. The van der Waals surface area contributed by atoms with Gasteiger partial charge in [0.05, 0.1) is 21.8 Å². The lowest BCUT2D eigenvalue weighted by molar-refractivity contribution is 1.29. The smallest absolute Gasteiger partial charge is 0.151 e. The molecule has 0 radical (unpaired) electrons. The summed E-state index contributed by atoms with van der Waals surface area (Å²) < 4.78 is 2.23. The number of nitriles is 1. The average molecular weight is 317 g/mol. The molecule has 0 bridgehead atoms. The number of hydrogen-bond acceptors (Lipinski definition) is 4. The fourth-order valence-electron chi connectivity index (χ4n) is 1.79. The minimum absolute atomic E-state index is 0.587. The molecule has 0 atom stereocenters. The number of halogens is 1. The zero-order valence-electron chi connectivity index (χ0n) is 10.3. The van der Waals surface area contributed by atoms with Gasteiger partial charge >= 0.3 is 0 Å². The quantitative estimate of drug-likeness (QED) is 0.630. The Bertz CT molecular complexity index is 772. The van der Waals surface area contributed by atoms with Crippen molar-refractivity contribution in [1.82, 2.24) is 4.98 Å². The topological polar surface area (TPSA) is 36.7 Å². The number of fused-ring (bicyclic) bond motifs is 1. The molecule has 98 valence electrons. The van der Waals surface area contributed by atoms with Crippen molar-refractivity contribution in [3.05, 3.63) is 58.6 Å². The van der Waals surface area contributed by atoms with E-state index in [1.165, 1.54) is 4.70 Å². The van der Waals surface area contributed by atoms with Gasteiger partial charge in [-0.05, 0) is 29.8 Å². The molecule has 0 aliphatic rings. The summed E-state index contributed by atoms with van der Waals surface area (Å²) in [7, 11) is 0. The third-order valence-electron chi connectivity index (χ3n) is 2.81. The third kappa shape index (κ3) is 2.80. The predicted molar refractivity (Wildman–Crippen MR) is 85.3 cm³/mol. The molecule has 0 aliphatic heterocycles. The molecular formula is C15H9ClN2S2. The summed E-state index contributed by atoms with van der Waals surface area (Å²) in [4.78, 5) is 4.58. The summed E-state index contributed by atoms with van der Waals surface area (Å²) in [5.74, 6) is 0.754. The molecule has 3 aromatic rings. The Morgan fingerprint density at radius 3 is 2.85 bits per heavy atom. The van der Waals surface area contributed by atoms with Crippen molar-refractivity contribution in [3.63, 3.8) is 0 Å². The van der Waals surface area contributed by atoms with E-state index in [1.807, 2.05) is 24.3 Å². The molecule has 20 heavy (non-hydrogen) atoms. The van der Waals surface area contributed by atoms with Gasteiger partial charge in [0.2, 0.25) is 0 Å². The maximum Gasteiger partial charge on any atom is 0.151 e. The van der Waals surface area contributed by atoms with Crippen molar-refractivity contribution in [3.8, 4) is 6.07 Å². The van der Waals surface area contributed by atoms with E-state index < -0.39 is 0 Å². The van der Waals surface area contributed by atoms with Gasteiger partial charge in [0.15, 0.2) is 4.34 Å². The van der Waals surface area contributed by atoms with Crippen LogP contribution in [0.4, 0.5) is 0 Å². The van der Waals surface area contributed by atoms with Crippen LogP contribution in [0.5, 0.6) is 0 Å². The molecule has 0 aliphatic carbocycles. The van der Waals surface area contributed by atoms with Gasteiger partial charge in [-0.15, -0.1) is 11.3 Å². The molecule has 0 fully saturated rings. The monoisotopic (exact) mass is 316 g/mol. The lowest BCUT2D eigenvalue weighted by Crippen LogP contribution is -1.84. The van der Waals surface area contributed by atoms with E-state index in [0.29, 0.717) is 10.6 Å². The first-order valence-corrected chi connectivity index (χ1v) is 8.11. The first-order chi connectivity index (χ1) is 9.76. The molecule has 2 nitrogen and oxygen atoms in total. The maximum atomic E-state index is 8.82. The van der Waals surface area contributed by atoms with Gasteiger partial charge < -0.3 is 0 Å². The lowest BCUT2D eigenvalue weighted by atomic mass is 10.2. The van der Waals surface area contributed by atoms with Crippen molar-refractivity contribution in [2.45, 2.75) is 10.1 Å². The van der Waals surface area contributed by atoms with E-state index >= 15 is 0 Å². The number of thiazole rings is 1. The van der Waals surface area contributed by atoms with Gasteiger partial charge in [0, 0.05) is 10.8 Å². The van der Waals surface area contributed by atoms with E-state index in [9.17, 15) is 0 Å². The highest BCUT2D eigenvalue weighted by molar-refractivity contribution is 8.00. The van der Waals surface area contributed by atoms with Gasteiger partial charge in [-0.2, -0.15) is 5.26 Å². The molecule has 1 heterocycles. The summed E-state index contributed by atoms with van der Waals surface area (Å²) >= 11 is 9.53. The average Bonchev–Trinajstić information content (AvgIpc) is 2.88. The van der Waals surface area contributed by atoms with Crippen molar-refractivity contribution in [2.24, 2.45) is 0 Å². The van der Waals surface area contributed by atoms with Crippen LogP contribution < -0.4 is 0 Å². The zero-order valence-corrected chi connectivity index (χ0v) is 12.7. The minimum Gasteiger partial charge on any atom is -0.230 e. The van der Waals surface area contributed by atoms with Gasteiger partial charge in [-0.3, -0.25) is 0 Å². The molecular weight excluding hydrogens is 308 g/mol. The van der Waals surface area contributed by atoms with Crippen LogP contribution in [0, 0.1) is 11.3 Å². The number of rotatable bonds is 3. The standard InChI is InChI=1S/C15H9ClN2S2/c16-12-7-10(8-17)5-6-11(12)9-19-15-18-13-3-1-2-4-14(13)20-15/h1-7H,9H2. The molecule has 0 amide bonds. The van der Waals surface area contributed by atoms with E-state index in [0.717, 1.165) is 21.2 Å². The zero-order chi connectivity index (χ0) is 13.9. The molecule has 0 N–H and O–H groups in total. The third-order valence-corrected chi connectivity index (χ3v) is 5.39. The molecule has 0 spiro atoms. The Hall–Kier alpha value is -1.54. The lowest BCUT2D eigenvalue weighted by Gasteiger charge is -2.02. The number of nitrogens with zero attached hydrogens (tertiary/aromatic N) is 2. The van der Waals surface area contributed by atoms with E-state index in [4.69, 9.17) is 16.9 Å². The van der Waals surface area contributed by atoms with E-state index in [-0.39, 0.29) is 0 Å². The highest BCUT2D eigenvalue weighted by atomic mass is 35.5. The number of thioether (sulfide) groups is 1. The predicted octanol–water partition coefficient (Wildman–Crippen LogP) is 5.11. The molecule has 3 rings (SSSR count). The Balaban J connectivity index is 1.77. The Morgan fingerprint density at radius 2 is 2.10 bits per heavy atom. The van der Waals surface area contributed by atoms with Gasteiger partial charge in [-0.1, -0.05) is 41.6 Å². The Kier molecular flexibility index (Phi) is 3.93. The molecule has 5 heteroatoms. The van der Waals surface area contributed by atoms with Crippen LogP contribution in [0.3, 0.4) is 0 Å². The highest BCUT2D eigenvalue weighted by Crippen LogP contribution is 2.32. The van der Waals surface area contributed by atoms with Crippen molar-refractivity contribution < 1.29 is 0 Å². The van der Waals surface area contributed by atoms with Crippen LogP contribution in [0.25, 0.3) is 10.2 Å². The summed E-state index contributed by atoms with van der Waals surface area (Å²) in [5, 5.41) is 9.46. The first kappa shape index (κ1) is 13.4. The van der Waals surface area contributed by atoms with Crippen molar-refractivity contribution in [1.29, 1.82) is 5.26 Å². The van der Waals surface area contributed by atoms with Gasteiger partial charge in [0.1, 0.15) is 0 Å². The summed E-state index contributed by atoms with van der Waals surface area (Å²) in [6, 6.07) is 15.6. The Labute approximate surface area is 130 Å². The van der Waals surface area contributed by atoms with Crippen molar-refractivity contribution >= 4 is 44.9 Å². The number of aromatic nitrogens is 1. The fraction of sp³-hybridized carbons (Fsp3) is 0.0667. The summed E-state index contributed by atoms with van der Waals surface area (Å²) in [5.41, 5.74) is 2.64. The second-order valence-electron chi connectivity index (χ2n) is 4.15. The van der Waals surface area contributed by atoms with Crippen LogP contribution in [0.1, 0.15) is 11.1 Å².